The SMILES string of the molecule is CNCC(=O)N=[S@](C)(=O)c1cccc(NC(=O)c2c(N3CCCC(F)(F)CC3)ncc(-c3cnn(C)c3)c2C)c1. The Morgan fingerprint density at radius 3 is 2.67 bits per heavy atom. The molecule has 1 fully saturated rings. The molecule has 1 aromatic carbocycles. The highest BCUT2D eigenvalue weighted by Crippen LogP contribution is 2.34. The number of hydrogen-bond acceptors (Lipinski definition) is 7. The van der Waals surface area contributed by atoms with Crippen LogP contribution in [0.5, 0.6) is 0 Å². The van der Waals surface area contributed by atoms with Gasteiger partial charge < -0.3 is 15.5 Å². The number of likely N-dealkylation sites (N-methyl/N-ethyl adjacent to an activating group) is 1. The highest BCUT2D eigenvalue weighted by molar-refractivity contribution is 7.93. The number of pyridine rings is 1. The number of halogens is 2. The molecular formula is C27H33F2N7O3S. The molecule has 0 bridgehead atoms. The third kappa shape index (κ3) is 6.70. The van der Waals surface area contributed by atoms with Gasteiger partial charge >= 0.3 is 0 Å². The number of anilines is 2. The van der Waals surface area contributed by atoms with Crippen molar-refractivity contribution in [3.63, 3.8) is 0 Å². The van der Waals surface area contributed by atoms with E-state index in [9.17, 15) is 22.6 Å². The molecule has 0 saturated carbocycles. The molecule has 3 heterocycles. The molecule has 2 aromatic heterocycles. The molecule has 1 atom stereocenters. The highest BCUT2D eigenvalue weighted by Gasteiger charge is 2.33. The Morgan fingerprint density at radius 2 is 1.98 bits per heavy atom. The van der Waals surface area contributed by atoms with E-state index in [1.807, 2.05) is 0 Å². The van der Waals surface area contributed by atoms with E-state index < -0.39 is 27.5 Å². The Balaban J connectivity index is 1.73. The number of aromatic nitrogens is 3. The van der Waals surface area contributed by atoms with Crippen molar-refractivity contribution in [2.45, 2.75) is 37.0 Å². The van der Waals surface area contributed by atoms with Crippen molar-refractivity contribution in [2.24, 2.45) is 11.4 Å². The lowest BCUT2D eigenvalue weighted by Gasteiger charge is -2.26. The quantitative estimate of drug-likeness (QED) is 0.440. The van der Waals surface area contributed by atoms with Crippen LogP contribution in [-0.4, -0.2) is 69.6 Å². The Kier molecular flexibility index (Phi) is 8.64. The van der Waals surface area contributed by atoms with Crippen LogP contribution < -0.4 is 15.5 Å². The van der Waals surface area contributed by atoms with Gasteiger partial charge in [-0.2, -0.15) is 9.46 Å². The molecule has 40 heavy (non-hydrogen) atoms. The fraction of sp³-hybridized carbons (Fsp3) is 0.407. The molecule has 2 N–H and O–H groups in total. The lowest BCUT2D eigenvalue weighted by Crippen LogP contribution is -2.30. The molecule has 4 rings (SSSR count). The van der Waals surface area contributed by atoms with E-state index in [1.54, 1.807) is 67.4 Å². The van der Waals surface area contributed by atoms with E-state index in [1.165, 1.54) is 12.3 Å². The molecule has 1 aliphatic heterocycles. The van der Waals surface area contributed by atoms with Gasteiger partial charge in [0.05, 0.1) is 28.0 Å². The number of alkyl halides is 2. The molecule has 10 nitrogen and oxygen atoms in total. The average Bonchev–Trinajstić information content (AvgIpc) is 3.22. The summed E-state index contributed by atoms with van der Waals surface area (Å²) in [5, 5.41) is 9.74. The van der Waals surface area contributed by atoms with Crippen molar-refractivity contribution >= 4 is 33.0 Å². The second-order valence-electron chi connectivity index (χ2n) is 9.89. The van der Waals surface area contributed by atoms with Crippen LogP contribution in [0, 0.1) is 6.92 Å². The normalized spacial score (nSPS) is 16.6. The third-order valence-corrected chi connectivity index (χ3v) is 8.39. The number of amides is 2. The highest BCUT2D eigenvalue weighted by atomic mass is 32.2. The molecule has 0 radical (unpaired) electrons. The fourth-order valence-electron chi connectivity index (χ4n) is 4.66. The number of hydrogen-bond donors (Lipinski definition) is 2. The average molecular weight is 574 g/mol. The van der Waals surface area contributed by atoms with Crippen molar-refractivity contribution in [1.29, 1.82) is 0 Å². The summed E-state index contributed by atoms with van der Waals surface area (Å²) in [6.45, 7) is 2.13. The molecule has 2 amide bonds. The van der Waals surface area contributed by atoms with Crippen LogP contribution in [0.15, 0.2) is 52.1 Å². The predicted octanol–water partition coefficient (Wildman–Crippen LogP) is 3.87. The standard InChI is InChI=1S/C27H33F2N7O3S/c1-18-22(19-14-32-35(3)17-19)15-31-25(36-11-6-9-27(28,29)10-12-36)24(18)26(38)33-20-7-5-8-21(13-20)40(4,39)34-23(37)16-30-2/h5,7-8,13-15,17,30H,6,9-12,16H2,1-4H3,(H,33,38)/t40-/m1/s1. The minimum atomic E-state index is -3.06. The van der Waals surface area contributed by atoms with Gasteiger partial charge in [-0.05, 0) is 44.2 Å². The van der Waals surface area contributed by atoms with Crippen molar-refractivity contribution in [1.82, 2.24) is 20.1 Å². The van der Waals surface area contributed by atoms with Crippen molar-refractivity contribution < 1.29 is 22.6 Å². The molecular weight excluding hydrogens is 540 g/mol. The van der Waals surface area contributed by atoms with Gasteiger partial charge in [0.15, 0.2) is 0 Å². The van der Waals surface area contributed by atoms with Gasteiger partial charge in [-0.15, -0.1) is 0 Å². The van der Waals surface area contributed by atoms with E-state index >= 15 is 0 Å². The Bertz CT molecular complexity index is 1550. The van der Waals surface area contributed by atoms with Crippen molar-refractivity contribution in [3.05, 3.63) is 54.0 Å². The zero-order valence-corrected chi connectivity index (χ0v) is 23.7. The third-order valence-electron chi connectivity index (χ3n) is 6.71. The van der Waals surface area contributed by atoms with Gasteiger partial charge in [0.25, 0.3) is 11.8 Å². The van der Waals surface area contributed by atoms with E-state index in [0.717, 1.165) is 5.56 Å². The lowest BCUT2D eigenvalue weighted by molar-refractivity contribution is -0.116. The van der Waals surface area contributed by atoms with Crippen LogP contribution in [0.4, 0.5) is 20.3 Å². The van der Waals surface area contributed by atoms with Gasteiger partial charge in [0.1, 0.15) is 5.82 Å². The summed E-state index contributed by atoms with van der Waals surface area (Å²) in [5.41, 5.74) is 2.66. The Hall–Kier alpha value is -3.71. The summed E-state index contributed by atoms with van der Waals surface area (Å²) < 4.78 is 46.9. The molecule has 0 aliphatic carbocycles. The minimum Gasteiger partial charge on any atom is -0.356 e. The van der Waals surface area contributed by atoms with Gasteiger partial charge in [-0.25, -0.2) is 18.0 Å². The Morgan fingerprint density at radius 1 is 1.20 bits per heavy atom. The molecule has 0 spiro atoms. The zero-order valence-electron chi connectivity index (χ0n) is 22.9. The maximum absolute atomic E-state index is 14.1. The number of carbonyl (C=O) groups excluding carboxylic acids is 2. The number of nitrogens with one attached hydrogen (secondary N) is 2. The van der Waals surface area contributed by atoms with E-state index in [-0.39, 0.29) is 42.8 Å². The smallest absolute Gasteiger partial charge is 0.267 e. The molecule has 1 saturated heterocycles. The maximum atomic E-state index is 14.1. The van der Waals surface area contributed by atoms with E-state index in [4.69, 9.17) is 0 Å². The van der Waals surface area contributed by atoms with Gasteiger partial charge in [-0.1, -0.05) is 6.07 Å². The van der Waals surface area contributed by atoms with Crippen molar-refractivity contribution in [3.8, 4) is 11.1 Å². The van der Waals surface area contributed by atoms with E-state index in [0.29, 0.717) is 29.2 Å². The van der Waals surface area contributed by atoms with Gasteiger partial charge in [0.2, 0.25) is 5.92 Å². The number of aryl methyl sites for hydroxylation is 1. The molecule has 1 aliphatic rings. The molecule has 214 valence electrons. The first kappa shape index (κ1) is 29.3. The summed E-state index contributed by atoms with van der Waals surface area (Å²) >= 11 is 0. The second-order valence-corrected chi connectivity index (χ2v) is 12.2. The minimum absolute atomic E-state index is 0.0496. The summed E-state index contributed by atoms with van der Waals surface area (Å²) in [6.07, 6.45) is 6.18. The topological polar surface area (TPSA) is 122 Å². The molecule has 13 heteroatoms. The number of benzene rings is 1. The summed E-state index contributed by atoms with van der Waals surface area (Å²) in [5.74, 6) is -3.49. The van der Waals surface area contributed by atoms with Crippen molar-refractivity contribution in [2.75, 3.05) is 43.2 Å². The first-order valence-corrected chi connectivity index (χ1v) is 14.7. The van der Waals surface area contributed by atoms with Gasteiger partial charge in [0, 0.05) is 73.3 Å². The molecule has 3 aromatic rings. The van der Waals surface area contributed by atoms with Crippen LogP contribution in [0.25, 0.3) is 11.1 Å². The lowest BCUT2D eigenvalue weighted by atomic mass is 9.99. The first-order chi connectivity index (χ1) is 18.9. The monoisotopic (exact) mass is 573 g/mol. The second kappa shape index (κ2) is 11.8. The predicted molar refractivity (Wildman–Crippen MR) is 150 cm³/mol. The summed E-state index contributed by atoms with van der Waals surface area (Å²) in [6, 6.07) is 6.33. The molecule has 0 unspecified atom stereocenters. The van der Waals surface area contributed by atoms with Gasteiger partial charge in [-0.3, -0.25) is 14.3 Å². The largest absolute Gasteiger partial charge is 0.356 e. The van der Waals surface area contributed by atoms with E-state index in [2.05, 4.69) is 25.1 Å². The number of nitrogens with zero attached hydrogens (tertiary/aromatic N) is 5. The Labute approximate surface area is 232 Å². The van der Waals surface area contributed by atoms with Crippen LogP contribution in [0.1, 0.15) is 35.2 Å². The number of rotatable bonds is 7. The van der Waals surface area contributed by atoms with Crippen LogP contribution in [0.3, 0.4) is 0 Å². The number of carbonyl (C=O) groups is 2. The van der Waals surface area contributed by atoms with Crippen LogP contribution >= 0.6 is 0 Å². The van der Waals surface area contributed by atoms with Crippen LogP contribution in [0.2, 0.25) is 0 Å². The summed E-state index contributed by atoms with van der Waals surface area (Å²) in [4.78, 5) is 32.4. The first-order valence-electron chi connectivity index (χ1n) is 12.8. The fourth-order valence-corrected chi connectivity index (χ4v) is 5.90. The summed E-state index contributed by atoms with van der Waals surface area (Å²) in [7, 11) is 0.310. The zero-order chi connectivity index (χ0) is 29.1. The maximum Gasteiger partial charge on any atom is 0.267 e. The van der Waals surface area contributed by atoms with Crippen LogP contribution in [-0.2, 0) is 21.6 Å².